The Labute approximate surface area is 123 Å². The van der Waals surface area contributed by atoms with Crippen molar-refractivity contribution in [2.75, 3.05) is 11.9 Å². The van der Waals surface area contributed by atoms with Crippen molar-refractivity contribution in [3.05, 3.63) is 57.3 Å². The summed E-state index contributed by atoms with van der Waals surface area (Å²) in [6.45, 7) is 0.609. The standard InChI is InChI=1S/C14H10BrClFNO/c15-9-4-2-1-3-8(9)14-7-18-12-5-10(16)11(17)6-13(12)19-14/h1-6,14,18H,7H2. The van der Waals surface area contributed by atoms with Crippen molar-refractivity contribution in [3.8, 4) is 5.75 Å². The highest BCUT2D eigenvalue weighted by Crippen LogP contribution is 2.38. The van der Waals surface area contributed by atoms with Crippen molar-refractivity contribution in [1.29, 1.82) is 0 Å². The van der Waals surface area contributed by atoms with E-state index in [1.807, 2.05) is 24.3 Å². The van der Waals surface area contributed by atoms with Crippen LogP contribution in [0.25, 0.3) is 0 Å². The van der Waals surface area contributed by atoms with Crippen molar-refractivity contribution >= 4 is 33.2 Å². The molecular weight excluding hydrogens is 333 g/mol. The Bertz CT molecular complexity index is 635. The molecule has 1 atom stereocenters. The molecule has 1 unspecified atom stereocenters. The van der Waals surface area contributed by atoms with E-state index in [0.717, 1.165) is 15.7 Å². The smallest absolute Gasteiger partial charge is 0.146 e. The minimum absolute atomic E-state index is 0.0918. The molecule has 1 N–H and O–H groups in total. The van der Waals surface area contributed by atoms with Crippen LogP contribution in [0.5, 0.6) is 5.75 Å². The summed E-state index contributed by atoms with van der Waals surface area (Å²) >= 11 is 9.24. The average Bonchev–Trinajstić information content (AvgIpc) is 2.40. The third kappa shape index (κ3) is 2.42. The number of anilines is 1. The van der Waals surface area contributed by atoms with Gasteiger partial charge in [-0.2, -0.15) is 0 Å². The first-order valence-corrected chi connectivity index (χ1v) is 6.96. The number of benzene rings is 2. The summed E-state index contributed by atoms with van der Waals surface area (Å²) in [5, 5.41) is 3.30. The third-order valence-electron chi connectivity index (χ3n) is 3.02. The third-order valence-corrected chi connectivity index (χ3v) is 4.03. The van der Waals surface area contributed by atoms with Gasteiger partial charge in [-0.05, 0) is 12.1 Å². The normalized spacial score (nSPS) is 17.3. The minimum atomic E-state index is -0.477. The van der Waals surface area contributed by atoms with Gasteiger partial charge in [0.05, 0.1) is 17.3 Å². The zero-order valence-electron chi connectivity index (χ0n) is 9.79. The van der Waals surface area contributed by atoms with Crippen molar-refractivity contribution in [1.82, 2.24) is 0 Å². The summed E-state index contributed by atoms with van der Waals surface area (Å²) < 4.78 is 20.3. The van der Waals surface area contributed by atoms with Gasteiger partial charge in [-0.1, -0.05) is 45.7 Å². The largest absolute Gasteiger partial charge is 0.482 e. The van der Waals surface area contributed by atoms with Crippen molar-refractivity contribution in [2.45, 2.75) is 6.10 Å². The van der Waals surface area contributed by atoms with E-state index < -0.39 is 5.82 Å². The van der Waals surface area contributed by atoms with Gasteiger partial charge in [0.25, 0.3) is 0 Å². The highest BCUT2D eigenvalue weighted by atomic mass is 79.9. The van der Waals surface area contributed by atoms with Gasteiger partial charge in [0.15, 0.2) is 0 Å². The molecule has 1 aliphatic heterocycles. The highest BCUT2D eigenvalue weighted by Gasteiger charge is 2.23. The van der Waals surface area contributed by atoms with E-state index in [9.17, 15) is 4.39 Å². The van der Waals surface area contributed by atoms with Gasteiger partial charge in [-0.15, -0.1) is 0 Å². The van der Waals surface area contributed by atoms with E-state index in [1.165, 1.54) is 6.07 Å². The lowest BCUT2D eigenvalue weighted by Crippen LogP contribution is -2.24. The summed E-state index contributed by atoms with van der Waals surface area (Å²) in [6.07, 6.45) is -0.163. The van der Waals surface area contributed by atoms with Gasteiger partial charge < -0.3 is 10.1 Å². The van der Waals surface area contributed by atoms with Crippen LogP contribution in [0.2, 0.25) is 5.02 Å². The van der Waals surface area contributed by atoms with Crippen LogP contribution in [0.1, 0.15) is 11.7 Å². The van der Waals surface area contributed by atoms with Crippen LogP contribution in [-0.4, -0.2) is 6.54 Å². The van der Waals surface area contributed by atoms with Gasteiger partial charge in [-0.3, -0.25) is 0 Å². The van der Waals surface area contributed by atoms with Crippen LogP contribution >= 0.6 is 27.5 Å². The molecule has 0 fully saturated rings. The number of halogens is 3. The molecule has 19 heavy (non-hydrogen) atoms. The fraction of sp³-hybridized carbons (Fsp3) is 0.143. The Morgan fingerprint density at radius 1 is 1.32 bits per heavy atom. The maximum absolute atomic E-state index is 13.5. The first-order chi connectivity index (χ1) is 9.15. The molecule has 1 aliphatic rings. The molecule has 2 aromatic rings. The molecule has 0 amide bonds. The Morgan fingerprint density at radius 2 is 2.11 bits per heavy atom. The quantitative estimate of drug-likeness (QED) is 0.805. The Balaban J connectivity index is 1.94. The molecular formula is C14H10BrClFNO. The van der Waals surface area contributed by atoms with Crippen molar-refractivity contribution in [2.24, 2.45) is 0 Å². The molecule has 2 aromatic carbocycles. The minimum Gasteiger partial charge on any atom is -0.482 e. The molecule has 0 saturated heterocycles. The van der Waals surface area contributed by atoms with Gasteiger partial charge in [0, 0.05) is 16.1 Å². The molecule has 0 aliphatic carbocycles. The maximum Gasteiger partial charge on any atom is 0.146 e. The van der Waals surface area contributed by atoms with E-state index in [4.69, 9.17) is 16.3 Å². The number of hydrogen-bond donors (Lipinski definition) is 1. The van der Waals surface area contributed by atoms with Gasteiger partial charge >= 0.3 is 0 Å². The first kappa shape index (κ1) is 12.8. The van der Waals surface area contributed by atoms with Gasteiger partial charge in [0.2, 0.25) is 0 Å². The van der Waals surface area contributed by atoms with E-state index in [2.05, 4.69) is 21.2 Å². The van der Waals surface area contributed by atoms with E-state index in [-0.39, 0.29) is 11.1 Å². The van der Waals surface area contributed by atoms with E-state index in [1.54, 1.807) is 6.07 Å². The molecule has 3 rings (SSSR count). The van der Waals surface area contributed by atoms with Crippen LogP contribution in [0.3, 0.4) is 0 Å². The first-order valence-electron chi connectivity index (χ1n) is 5.79. The fourth-order valence-corrected chi connectivity index (χ4v) is 2.78. The molecule has 0 aromatic heterocycles. The molecule has 0 bridgehead atoms. The number of rotatable bonds is 1. The van der Waals surface area contributed by atoms with Crippen LogP contribution in [0.15, 0.2) is 40.9 Å². The number of hydrogen-bond acceptors (Lipinski definition) is 2. The zero-order valence-corrected chi connectivity index (χ0v) is 12.1. The predicted molar refractivity (Wildman–Crippen MR) is 77.4 cm³/mol. The topological polar surface area (TPSA) is 21.3 Å². The second-order valence-corrected chi connectivity index (χ2v) is 5.53. The monoisotopic (exact) mass is 341 g/mol. The summed E-state index contributed by atoms with van der Waals surface area (Å²) in [6, 6.07) is 10.7. The van der Waals surface area contributed by atoms with Crippen LogP contribution in [0.4, 0.5) is 10.1 Å². The SMILES string of the molecule is Fc1cc2c(cc1Cl)NCC(c1ccccc1Br)O2. The van der Waals surface area contributed by atoms with Gasteiger partial charge in [0.1, 0.15) is 17.7 Å². The number of ether oxygens (including phenoxy) is 1. The summed E-state index contributed by atoms with van der Waals surface area (Å²) in [7, 11) is 0. The van der Waals surface area contributed by atoms with E-state index in [0.29, 0.717) is 12.3 Å². The molecule has 2 nitrogen and oxygen atoms in total. The predicted octanol–water partition coefficient (Wildman–Crippen LogP) is 4.79. The number of fused-ring (bicyclic) bond motifs is 1. The number of nitrogens with one attached hydrogen (secondary N) is 1. The van der Waals surface area contributed by atoms with Crippen molar-refractivity contribution in [3.63, 3.8) is 0 Å². The van der Waals surface area contributed by atoms with Crippen LogP contribution in [-0.2, 0) is 0 Å². The Morgan fingerprint density at radius 3 is 2.89 bits per heavy atom. The molecule has 0 spiro atoms. The zero-order chi connectivity index (χ0) is 13.4. The summed E-state index contributed by atoms with van der Waals surface area (Å²) in [5.41, 5.74) is 1.74. The average molecular weight is 343 g/mol. The highest BCUT2D eigenvalue weighted by molar-refractivity contribution is 9.10. The van der Waals surface area contributed by atoms with Crippen LogP contribution < -0.4 is 10.1 Å². The van der Waals surface area contributed by atoms with Gasteiger partial charge in [-0.25, -0.2) is 4.39 Å². The lowest BCUT2D eigenvalue weighted by molar-refractivity contribution is 0.209. The summed E-state index contributed by atoms with van der Waals surface area (Å²) in [4.78, 5) is 0. The Hall–Kier alpha value is -1.26. The van der Waals surface area contributed by atoms with Crippen LogP contribution in [0, 0.1) is 5.82 Å². The molecule has 98 valence electrons. The van der Waals surface area contributed by atoms with E-state index >= 15 is 0 Å². The maximum atomic E-state index is 13.5. The lowest BCUT2D eigenvalue weighted by atomic mass is 10.1. The molecule has 0 radical (unpaired) electrons. The fourth-order valence-electron chi connectivity index (χ4n) is 2.07. The molecule has 1 heterocycles. The van der Waals surface area contributed by atoms with Crippen molar-refractivity contribution < 1.29 is 9.13 Å². The second-order valence-electron chi connectivity index (χ2n) is 4.27. The molecule has 5 heteroatoms. The lowest BCUT2D eigenvalue weighted by Gasteiger charge is -2.28. The molecule has 0 saturated carbocycles. The Kier molecular flexibility index (Phi) is 3.37. The summed E-state index contributed by atoms with van der Waals surface area (Å²) in [5.74, 6) is 0.00361. The second kappa shape index (κ2) is 5.02.